The Morgan fingerprint density at radius 2 is 0.475 bits per heavy atom. The first kappa shape index (κ1) is 57.3. The second kappa shape index (κ2) is 23.0. The summed E-state index contributed by atoms with van der Waals surface area (Å²) in [5, 5.41) is 41.3. The van der Waals surface area contributed by atoms with E-state index in [-0.39, 0.29) is 75.5 Å². The van der Waals surface area contributed by atoms with E-state index in [1.807, 2.05) is 79.7 Å². The van der Waals surface area contributed by atoms with Crippen molar-refractivity contribution >= 4 is 47.5 Å². The van der Waals surface area contributed by atoms with Gasteiger partial charge in [-0.15, -0.1) is 0 Å². The number of hydrogen-bond donors (Lipinski definition) is 4. The van der Waals surface area contributed by atoms with Gasteiger partial charge < -0.3 is 40.0 Å². The van der Waals surface area contributed by atoms with E-state index in [1.54, 1.807) is 0 Å². The highest BCUT2D eigenvalue weighted by molar-refractivity contribution is 5.88. The quantitative estimate of drug-likeness (QED) is 0.104. The number of rotatable bonds is 12. The Labute approximate surface area is 468 Å². The molecule has 4 aromatic rings. The minimum absolute atomic E-state index is 0.108. The SMILES string of the molecule is Cc1cc(C)c2cc1[C@H](CC(=O)N1CCC[C@@H]1C(=O)O)c1cc(c(C)cc1C)[C@H](CC(=O)N1CCC[C@@H]1C(=O)O)c1cc(c(C)cc1C)[C@H](CC(=O)N1CCC[C@@H]1C(=O)O)c1cc(c(C)cc1C)[C@@H]2CC(=O)N1CCC[C@@H]1C(=O)O. The summed E-state index contributed by atoms with van der Waals surface area (Å²) in [6, 6.07) is 12.5. The summed E-state index contributed by atoms with van der Waals surface area (Å²) < 4.78 is 0. The molecule has 4 N–H and O–H groups in total. The van der Waals surface area contributed by atoms with Crippen LogP contribution in [0.25, 0.3) is 0 Å². The number of aryl methyl sites for hydroxylation is 8. The first-order chi connectivity index (χ1) is 37.9. The summed E-state index contributed by atoms with van der Waals surface area (Å²) in [5.74, 6) is -8.34. The Morgan fingerprint density at radius 3 is 0.625 bits per heavy atom. The molecule has 424 valence electrons. The molecule has 1 aliphatic carbocycles. The molecule has 4 fully saturated rings. The lowest BCUT2D eigenvalue weighted by molar-refractivity contribution is -0.148. The molecule has 5 aliphatic rings. The average Bonchev–Trinajstić information content (AvgIpc) is 4.25. The first-order valence-corrected chi connectivity index (χ1v) is 28.5. The lowest BCUT2D eigenvalue weighted by Crippen LogP contribution is -2.41. The van der Waals surface area contributed by atoms with Crippen molar-refractivity contribution in [3.8, 4) is 0 Å². The van der Waals surface area contributed by atoms with Gasteiger partial charge in [-0.25, -0.2) is 19.2 Å². The number of nitrogens with zero attached hydrogens (tertiary/aromatic N) is 4. The number of benzene rings is 4. The van der Waals surface area contributed by atoms with Gasteiger partial charge in [-0.2, -0.15) is 0 Å². The van der Waals surface area contributed by atoms with Gasteiger partial charge in [-0.05, 0) is 196 Å². The van der Waals surface area contributed by atoms with Crippen LogP contribution in [0.1, 0.15) is 190 Å². The van der Waals surface area contributed by atoms with E-state index in [9.17, 15) is 58.8 Å². The van der Waals surface area contributed by atoms with E-state index in [4.69, 9.17) is 0 Å². The second-order valence-corrected chi connectivity index (χ2v) is 23.6. The van der Waals surface area contributed by atoms with Crippen molar-refractivity contribution < 1.29 is 58.8 Å². The van der Waals surface area contributed by atoms with E-state index >= 15 is 0 Å². The molecule has 4 saturated heterocycles. The largest absolute Gasteiger partial charge is 0.480 e. The minimum atomic E-state index is -1.07. The molecule has 0 saturated carbocycles. The zero-order valence-electron chi connectivity index (χ0n) is 47.4. The highest BCUT2D eigenvalue weighted by Crippen LogP contribution is 2.46. The normalized spacial score (nSPS) is 23.6. The van der Waals surface area contributed by atoms with Crippen LogP contribution in [0.3, 0.4) is 0 Å². The van der Waals surface area contributed by atoms with Gasteiger partial charge in [0.15, 0.2) is 0 Å². The third kappa shape index (κ3) is 11.0. The fourth-order valence-corrected chi connectivity index (χ4v) is 14.6. The summed E-state index contributed by atoms with van der Waals surface area (Å²) >= 11 is 0. The molecular formula is C64H76N4O12. The van der Waals surface area contributed by atoms with Crippen LogP contribution in [0.15, 0.2) is 48.5 Å². The van der Waals surface area contributed by atoms with Crippen LogP contribution >= 0.6 is 0 Å². The maximum atomic E-state index is 15.0. The second-order valence-electron chi connectivity index (χ2n) is 23.6. The number of aliphatic carboxylic acids is 4. The first-order valence-electron chi connectivity index (χ1n) is 28.5. The number of likely N-dealkylation sites (tertiary alicyclic amines) is 4. The maximum absolute atomic E-state index is 15.0. The summed E-state index contributed by atoms with van der Waals surface area (Å²) in [4.78, 5) is 116. The molecule has 80 heavy (non-hydrogen) atoms. The van der Waals surface area contributed by atoms with E-state index < -0.39 is 71.7 Å². The molecule has 0 aromatic heterocycles. The molecule has 4 amide bonds. The molecular weight excluding hydrogens is 1020 g/mol. The zero-order chi connectivity index (χ0) is 57.8. The van der Waals surface area contributed by atoms with Crippen molar-refractivity contribution in [1.29, 1.82) is 0 Å². The lowest BCUT2D eigenvalue weighted by Gasteiger charge is -2.33. The van der Waals surface area contributed by atoms with Crippen molar-refractivity contribution in [1.82, 2.24) is 19.6 Å². The van der Waals surface area contributed by atoms with Crippen molar-refractivity contribution in [2.45, 2.75) is 180 Å². The third-order valence-corrected chi connectivity index (χ3v) is 18.6. The molecule has 16 nitrogen and oxygen atoms in total. The van der Waals surface area contributed by atoms with E-state index in [0.29, 0.717) is 51.4 Å². The van der Waals surface area contributed by atoms with Gasteiger partial charge in [0.1, 0.15) is 24.2 Å². The van der Waals surface area contributed by atoms with Crippen molar-refractivity contribution in [2.75, 3.05) is 26.2 Å². The Kier molecular flexibility index (Phi) is 16.5. The van der Waals surface area contributed by atoms with E-state index in [0.717, 1.165) is 89.0 Å². The number of fused-ring (bicyclic) bond motifs is 8. The molecule has 4 aromatic carbocycles. The Bertz CT molecular complexity index is 2700. The third-order valence-electron chi connectivity index (χ3n) is 18.6. The average molecular weight is 1090 g/mol. The van der Waals surface area contributed by atoms with Crippen LogP contribution < -0.4 is 0 Å². The van der Waals surface area contributed by atoms with E-state index in [2.05, 4.69) is 24.3 Å². The van der Waals surface area contributed by atoms with Crippen LogP contribution in [0.2, 0.25) is 0 Å². The summed E-state index contributed by atoms with van der Waals surface area (Å²) in [6.07, 6.45) is 2.99. The number of carbonyl (C=O) groups excluding carboxylic acids is 4. The number of amides is 4. The number of carboxylic acids is 4. The standard InChI is InChI=1S/C64H76N4O12/c1-33-21-34(2)42-25-41(33)49(29-57(69)65-17-9-13-53(65)61(73)74)43-26-44(36(4)22-35(43)3)51(31-59(71)67-19-11-15-55(67)63(77)78)47-28-48(40(8)24-39(47)7)52(32-60(72)68-20-12-16-56(68)64(79)80)46-27-45(37(5)23-38(46)6)50(42)30-58(70)66-18-10-14-54(66)62(75)76/h21-28,49-56H,9-20,29-32H2,1-8H3,(H,73,74)(H,75,76)(H,77,78)(H,79,80)/t49-,50+,51-,52+,53-,54-,55-,56-/m1/s1. The highest BCUT2D eigenvalue weighted by atomic mass is 16.4. The van der Waals surface area contributed by atoms with Crippen molar-refractivity contribution in [3.05, 3.63) is 138 Å². The molecule has 4 heterocycles. The fourth-order valence-electron chi connectivity index (χ4n) is 14.6. The summed E-state index contributed by atoms with van der Waals surface area (Å²) in [5.41, 5.74) is 12.9. The molecule has 0 spiro atoms. The zero-order valence-corrected chi connectivity index (χ0v) is 47.4. The fraction of sp³-hybridized carbons (Fsp3) is 0.500. The Balaban J connectivity index is 1.35. The monoisotopic (exact) mass is 1090 g/mol. The topological polar surface area (TPSA) is 230 Å². The van der Waals surface area contributed by atoms with Crippen molar-refractivity contribution in [3.63, 3.8) is 0 Å². The summed E-state index contributed by atoms with van der Waals surface area (Å²) in [7, 11) is 0. The van der Waals surface area contributed by atoms with Crippen LogP contribution in [-0.4, -0.2) is 138 Å². The molecule has 16 heteroatoms. The smallest absolute Gasteiger partial charge is 0.326 e. The van der Waals surface area contributed by atoms with Crippen LogP contribution in [0.4, 0.5) is 0 Å². The predicted molar refractivity (Wildman–Crippen MR) is 299 cm³/mol. The van der Waals surface area contributed by atoms with Gasteiger partial charge in [0.25, 0.3) is 0 Å². The van der Waals surface area contributed by atoms with Crippen LogP contribution in [-0.2, 0) is 38.4 Å². The number of carboxylic acid groups (broad SMARTS) is 4. The van der Waals surface area contributed by atoms with Gasteiger partial charge in [-0.1, -0.05) is 48.5 Å². The van der Waals surface area contributed by atoms with Crippen LogP contribution in [0, 0.1) is 55.4 Å². The molecule has 4 atom stereocenters. The van der Waals surface area contributed by atoms with Gasteiger partial charge in [-0.3, -0.25) is 19.2 Å². The number of hydrogen-bond acceptors (Lipinski definition) is 8. The molecule has 4 aliphatic heterocycles. The van der Waals surface area contributed by atoms with Crippen molar-refractivity contribution in [2.24, 2.45) is 0 Å². The lowest BCUT2D eigenvalue weighted by atomic mass is 9.73. The molecule has 0 unspecified atom stereocenters. The molecule has 8 bridgehead atoms. The van der Waals surface area contributed by atoms with Gasteiger partial charge in [0.05, 0.1) is 0 Å². The Morgan fingerprint density at radius 1 is 0.312 bits per heavy atom. The van der Waals surface area contributed by atoms with E-state index in [1.165, 1.54) is 19.6 Å². The minimum Gasteiger partial charge on any atom is -0.480 e. The highest BCUT2D eigenvalue weighted by Gasteiger charge is 2.42. The predicted octanol–water partition coefficient (Wildman–Crippen LogP) is 8.86. The summed E-state index contributed by atoms with van der Waals surface area (Å²) in [6.45, 7) is 16.9. The molecule has 0 radical (unpaired) electrons. The van der Waals surface area contributed by atoms with Crippen LogP contribution in [0.5, 0.6) is 0 Å². The molecule has 9 rings (SSSR count). The number of carbonyl (C=O) groups is 8. The maximum Gasteiger partial charge on any atom is 0.326 e. The Hall–Kier alpha value is -7.36. The van der Waals surface area contributed by atoms with Gasteiger partial charge >= 0.3 is 23.9 Å². The van der Waals surface area contributed by atoms with Gasteiger partial charge in [0.2, 0.25) is 23.6 Å². The van der Waals surface area contributed by atoms with Gasteiger partial charge in [0, 0.05) is 75.5 Å².